The van der Waals surface area contributed by atoms with E-state index in [0.717, 1.165) is 5.52 Å². The van der Waals surface area contributed by atoms with Crippen LogP contribution < -0.4 is 5.73 Å². The predicted octanol–water partition coefficient (Wildman–Crippen LogP) is 2.35. The third-order valence-corrected chi connectivity index (χ3v) is 2.52. The first kappa shape index (κ1) is 9.77. The maximum Gasteiger partial charge on any atom is 0.141 e. The van der Waals surface area contributed by atoms with Crippen LogP contribution in [0.2, 0.25) is 0 Å². The molecule has 2 heterocycles. The summed E-state index contributed by atoms with van der Waals surface area (Å²) in [5.74, 6) is 0.557. The molecule has 0 spiro atoms. The van der Waals surface area contributed by atoms with Crippen LogP contribution in [0, 0.1) is 5.82 Å². The van der Waals surface area contributed by atoms with Crippen LogP contribution in [0.5, 0.6) is 0 Å². The third kappa shape index (κ3) is 1.61. The molecular formula is C12H9FN4. The summed E-state index contributed by atoms with van der Waals surface area (Å²) in [5.41, 5.74) is 7.41. The molecule has 0 amide bonds. The van der Waals surface area contributed by atoms with Gasteiger partial charge in [-0.1, -0.05) is 12.1 Å². The summed E-state index contributed by atoms with van der Waals surface area (Å²) in [6.45, 7) is 0. The lowest BCUT2D eigenvalue weighted by atomic mass is 10.2. The molecule has 0 saturated heterocycles. The molecule has 3 N–H and O–H groups in total. The number of benzene rings is 1. The molecule has 5 heteroatoms. The van der Waals surface area contributed by atoms with Crippen LogP contribution in [-0.2, 0) is 0 Å². The molecule has 0 aliphatic heterocycles. The normalized spacial score (nSPS) is 10.9. The number of aromatic nitrogens is 3. The number of fused-ring (bicyclic) bond motifs is 1. The molecule has 3 rings (SSSR count). The molecule has 0 saturated carbocycles. The van der Waals surface area contributed by atoms with Crippen molar-refractivity contribution in [2.45, 2.75) is 0 Å². The molecule has 0 unspecified atom stereocenters. The van der Waals surface area contributed by atoms with Gasteiger partial charge < -0.3 is 10.7 Å². The summed E-state index contributed by atoms with van der Waals surface area (Å²) in [6.07, 6.45) is 1.59. The Hall–Kier alpha value is -2.43. The summed E-state index contributed by atoms with van der Waals surface area (Å²) in [4.78, 5) is 11.2. The lowest BCUT2D eigenvalue weighted by Gasteiger charge is -1.96. The van der Waals surface area contributed by atoms with Crippen LogP contribution in [0.25, 0.3) is 22.4 Å². The standard InChI is InChI=1S/C12H9FN4/c13-8-4-2-1-3-7(8)12-16-9-5-11(14)15-6-10(9)17-12/h1-6H,(H2,14,15)(H,16,17). The van der Waals surface area contributed by atoms with Gasteiger partial charge >= 0.3 is 0 Å². The molecule has 2 aromatic heterocycles. The number of hydrogen-bond donors (Lipinski definition) is 2. The van der Waals surface area contributed by atoms with Gasteiger partial charge in [-0.15, -0.1) is 0 Å². The van der Waals surface area contributed by atoms with Gasteiger partial charge in [0, 0.05) is 6.07 Å². The predicted molar refractivity (Wildman–Crippen MR) is 63.7 cm³/mol. The molecule has 3 aromatic rings. The van der Waals surface area contributed by atoms with Gasteiger partial charge in [0.15, 0.2) is 0 Å². The van der Waals surface area contributed by atoms with Crippen LogP contribution in [0.1, 0.15) is 0 Å². The Bertz CT molecular complexity index is 690. The van der Waals surface area contributed by atoms with Gasteiger partial charge in [0.2, 0.25) is 0 Å². The first-order valence-electron chi connectivity index (χ1n) is 5.10. The number of anilines is 1. The van der Waals surface area contributed by atoms with Gasteiger partial charge in [0.25, 0.3) is 0 Å². The van der Waals surface area contributed by atoms with E-state index in [0.29, 0.717) is 22.7 Å². The number of rotatable bonds is 1. The van der Waals surface area contributed by atoms with Crippen LogP contribution >= 0.6 is 0 Å². The van der Waals surface area contributed by atoms with E-state index in [-0.39, 0.29) is 5.82 Å². The fraction of sp³-hybridized carbons (Fsp3) is 0. The van der Waals surface area contributed by atoms with Gasteiger partial charge in [-0.25, -0.2) is 14.4 Å². The highest BCUT2D eigenvalue weighted by Crippen LogP contribution is 2.22. The number of nitrogens with one attached hydrogen (secondary N) is 1. The second-order valence-corrected chi connectivity index (χ2v) is 3.69. The highest BCUT2D eigenvalue weighted by atomic mass is 19.1. The number of hydrogen-bond acceptors (Lipinski definition) is 3. The van der Waals surface area contributed by atoms with Crippen LogP contribution in [0.15, 0.2) is 36.5 Å². The highest BCUT2D eigenvalue weighted by molar-refractivity contribution is 5.80. The highest BCUT2D eigenvalue weighted by Gasteiger charge is 2.09. The van der Waals surface area contributed by atoms with Gasteiger partial charge in [-0.2, -0.15) is 0 Å². The fourth-order valence-electron chi connectivity index (χ4n) is 1.71. The molecule has 4 nitrogen and oxygen atoms in total. The van der Waals surface area contributed by atoms with Crippen molar-refractivity contribution in [3.05, 3.63) is 42.3 Å². The summed E-state index contributed by atoms with van der Waals surface area (Å²) >= 11 is 0. The molecule has 1 aromatic carbocycles. The van der Waals surface area contributed by atoms with Gasteiger partial charge in [0.1, 0.15) is 17.5 Å². The second kappa shape index (κ2) is 3.55. The Morgan fingerprint density at radius 1 is 1.24 bits per heavy atom. The smallest absolute Gasteiger partial charge is 0.141 e. The molecular weight excluding hydrogens is 219 g/mol. The Morgan fingerprint density at radius 2 is 2.06 bits per heavy atom. The third-order valence-electron chi connectivity index (χ3n) is 2.52. The van der Waals surface area contributed by atoms with E-state index in [1.807, 2.05) is 0 Å². The number of H-pyrrole nitrogens is 1. The lowest BCUT2D eigenvalue weighted by molar-refractivity contribution is 0.630. The van der Waals surface area contributed by atoms with Crippen molar-refractivity contribution < 1.29 is 4.39 Å². The number of aromatic amines is 1. The average Bonchev–Trinajstić information content (AvgIpc) is 2.72. The summed E-state index contributed by atoms with van der Waals surface area (Å²) in [7, 11) is 0. The van der Waals surface area contributed by atoms with E-state index in [4.69, 9.17) is 5.73 Å². The van der Waals surface area contributed by atoms with Gasteiger partial charge in [-0.05, 0) is 12.1 Å². The molecule has 84 valence electrons. The zero-order valence-corrected chi connectivity index (χ0v) is 8.81. The second-order valence-electron chi connectivity index (χ2n) is 3.69. The van der Waals surface area contributed by atoms with E-state index in [2.05, 4.69) is 15.0 Å². The first-order valence-corrected chi connectivity index (χ1v) is 5.10. The van der Waals surface area contributed by atoms with E-state index in [9.17, 15) is 4.39 Å². The molecule has 0 fully saturated rings. The fourth-order valence-corrected chi connectivity index (χ4v) is 1.71. The minimum atomic E-state index is -0.313. The number of halogens is 1. The first-order chi connectivity index (χ1) is 8.24. The van der Waals surface area contributed by atoms with Crippen molar-refractivity contribution in [1.29, 1.82) is 0 Å². The lowest BCUT2D eigenvalue weighted by Crippen LogP contribution is -1.87. The molecule has 0 radical (unpaired) electrons. The Balaban J connectivity index is 2.22. The van der Waals surface area contributed by atoms with E-state index >= 15 is 0 Å². The molecule has 0 aliphatic rings. The van der Waals surface area contributed by atoms with Crippen molar-refractivity contribution in [3.63, 3.8) is 0 Å². The van der Waals surface area contributed by atoms with Gasteiger partial charge in [0.05, 0.1) is 22.8 Å². The molecule has 0 atom stereocenters. The van der Waals surface area contributed by atoms with Crippen molar-refractivity contribution in [3.8, 4) is 11.4 Å². The molecule has 0 bridgehead atoms. The number of pyridine rings is 1. The monoisotopic (exact) mass is 228 g/mol. The van der Waals surface area contributed by atoms with Crippen LogP contribution in [0.4, 0.5) is 10.2 Å². The quantitative estimate of drug-likeness (QED) is 0.671. The van der Waals surface area contributed by atoms with E-state index < -0.39 is 0 Å². The average molecular weight is 228 g/mol. The Kier molecular flexibility index (Phi) is 2.04. The maximum atomic E-state index is 13.6. The topological polar surface area (TPSA) is 67.6 Å². The van der Waals surface area contributed by atoms with Gasteiger partial charge in [-0.3, -0.25) is 0 Å². The summed E-state index contributed by atoms with van der Waals surface area (Å²) in [5, 5.41) is 0. The summed E-state index contributed by atoms with van der Waals surface area (Å²) in [6, 6.07) is 8.12. The Morgan fingerprint density at radius 3 is 2.88 bits per heavy atom. The number of nitrogens with zero attached hydrogens (tertiary/aromatic N) is 2. The number of imidazole rings is 1. The molecule has 17 heavy (non-hydrogen) atoms. The van der Waals surface area contributed by atoms with Crippen molar-refractivity contribution in [1.82, 2.24) is 15.0 Å². The number of nitrogens with two attached hydrogens (primary N) is 1. The zero-order valence-electron chi connectivity index (χ0n) is 8.81. The minimum Gasteiger partial charge on any atom is -0.384 e. The molecule has 0 aliphatic carbocycles. The van der Waals surface area contributed by atoms with Crippen molar-refractivity contribution >= 4 is 16.9 Å². The van der Waals surface area contributed by atoms with Crippen LogP contribution in [0.3, 0.4) is 0 Å². The van der Waals surface area contributed by atoms with E-state index in [1.54, 1.807) is 30.5 Å². The zero-order chi connectivity index (χ0) is 11.8. The van der Waals surface area contributed by atoms with E-state index in [1.165, 1.54) is 6.07 Å². The summed E-state index contributed by atoms with van der Waals surface area (Å²) < 4.78 is 13.6. The van der Waals surface area contributed by atoms with Crippen molar-refractivity contribution in [2.75, 3.05) is 5.73 Å². The van der Waals surface area contributed by atoms with Crippen LogP contribution in [-0.4, -0.2) is 15.0 Å². The largest absolute Gasteiger partial charge is 0.384 e. The minimum absolute atomic E-state index is 0.313. The number of nitrogen functional groups attached to an aromatic ring is 1. The SMILES string of the molecule is Nc1cc2nc(-c3ccccc3F)[nH]c2cn1. The van der Waals surface area contributed by atoms with Crippen molar-refractivity contribution in [2.24, 2.45) is 0 Å². The Labute approximate surface area is 96.3 Å². The maximum absolute atomic E-state index is 13.6.